The zero-order valence-electron chi connectivity index (χ0n) is 19.1. The summed E-state index contributed by atoms with van der Waals surface area (Å²) in [6, 6.07) is 31.7. The van der Waals surface area contributed by atoms with E-state index in [4.69, 9.17) is 0 Å². The number of rotatable bonds is 7. The molecule has 1 N–H and O–H groups in total. The lowest BCUT2D eigenvalue weighted by atomic mass is 9.91. The van der Waals surface area contributed by atoms with Crippen LogP contribution in [-0.4, -0.2) is 16.6 Å². The van der Waals surface area contributed by atoms with Gasteiger partial charge in [0.25, 0.3) is 11.6 Å². The maximum Gasteiger partial charge on any atom is 0.276 e. The Morgan fingerprint density at radius 2 is 1.33 bits per heavy atom. The average molecular weight is 476 g/mol. The van der Waals surface area contributed by atoms with Gasteiger partial charge < -0.3 is 5.32 Å². The number of nitro groups is 1. The third kappa shape index (κ3) is 4.14. The third-order valence-corrected chi connectivity index (χ3v) is 6.02. The van der Waals surface area contributed by atoms with Gasteiger partial charge in [0.05, 0.1) is 16.1 Å². The van der Waals surface area contributed by atoms with Crippen molar-refractivity contribution in [2.24, 2.45) is 0 Å². The Morgan fingerprint density at radius 1 is 0.778 bits per heavy atom. The Morgan fingerprint density at radius 3 is 1.97 bits per heavy atom. The van der Waals surface area contributed by atoms with Gasteiger partial charge in [-0.2, -0.15) is 0 Å². The van der Waals surface area contributed by atoms with Gasteiger partial charge in [0, 0.05) is 23.0 Å². The molecule has 0 spiro atoms. The first-order chi connectivity index (χ1) is 17.6. The summed E-state index contributed by atoms with van der Waals surface area (Å²) >= 11 is 0. The Labute approximate surface area is 207 Å². The van der Waals surface area contributed by atoms with Gasteiger partial charge in [-0.05, 0) is 30.3 Å². The quantitative estimate of drug-likeness (QED) is 0.203. The molecule has 0 aliphatic carbocycles. The van der Waals surface area contributed by atoms with Crippen molar-refractivity contribution in [1.82, 2.24) is 0 Å². The number of nitro benzene ring substituents is 1. The van der Waals surface area contributed by atoms with E-state index >= 15 is 0 Å². The number of hydrogen-bond donors (Lipinski definition) is 1. The molecule has 1 amide bonds. The second-order valence-corrected chi connectivity index (χ2v) is 8.20. The first-order valence-electron chi connectivity index (χ1n) is 11.3. The number of nitrogens with zero attached hydrogens (tertiary/aromatic N) is 2. The molecule has 5 rings (SSSR count). The molecule has 176 valence electrons. The van der Waals surface area contributed by atoms with Crippen LogP contribution in [0.3, 0.4) is 0 Å². The Balaban J connectivity index is 1.78. The Hall–Kier alpha value is -5.04. The first-order valence-corrected chi connectivity index (χ1v) is 11.3. The highest BCUT2D eigenvalue weighted by molar-refractivity contribution is 6.23. The molecule has 0 saturated heterocycles. The monoisotopic (exact) mass is 475 g/mol. The van der Waals surface area contributed by atoms with Gasteiger partial charge >= 0.3 is 0 Å². The SMILES string of the molecule is O=C(C1=C(Nc2ccccc2)C(=O)N(c2ccccc2)C1c1ccccc1[N+](=O)[O-])c1ccccc1. The molecule has 7 nitrogen and oxygen atoms in total. The number of anilines is 2. The molecule has 1 unspecified atom stereocenters. The fourth-order valence-electron chi connectivity index (χ4n) is 4.42. The van der Waals surface area contributed by atoms with Crippen molar-refractivity contribution < 1.29 is 14.5 Å². The second-order valence-electron chi connectivity index (χ2n) is 8.20. The minimum Gasteiger partial charge on any atom is -0.351 e. The number of ketones is 1. The molecule has 0 radical (unpaired) electrons. The van der Waals surface area contributed by atoms with Crippen LogP contribution in [0, 0.1) is 10.1 Å². The van der Waals surface area contributed by atoms with Gasteiger partial charge in [0.2, 0.25) is 0 Å². The van der Waals surface area contributed by atoms with E-state index in [1.54, 1.807) is 84.9 Å². The predicted octanol–water partition coefficient (Wildman–Crippen LogP) is 5.93. The maximum absolute atomic E-state index is 14.0. The lowest BCUT2D eigenvalue weighted by Gasteiger charge is -2.27. The number of carbonyl (C=O) groups excluding carboxylic acids is 2. The summed E-state index contributed by atoms with van der Waals surface area (Å²) in [7, 11) is 0. The summed E-state index contributed by atoms with van der Waals surface area (Å²) in [5.74, 6) is -0.837. The zero-order valence-corrected chi connectivity index (χ0v) is 19.1. The van der Waals surface area contributed by atoms with E-state index in [1.807, 2.05) is 24.3 Å². The smallest absolute Gasteiger partial charge is 0.276 e. The number of nitrogens with one attached hydrogen (secondary N) is 1. The fraction of sp³-hybridized carbons (Fsp3) is 0.0345. The number of amides is 1. The molecular formula is C29H21N3O4. The summed E-state index contributed by atoms with van der Waals surface area (Å²) < 4.78 is 0. The van der Waals surface area contributed by atoms with Crippen molar-refractivity contribution in [3.8, 4) is 0 Å². The van der Waals surface area contributed by atoms with Crippen LogP contribution < -0.4 is 10.2 Å². The minimum absolute atomic E-state index is 0.0852. The molecule has 1 aliphatic heterocycles. The highest BCUT2D eigenvalue weighted by Gasteiger charge is 2.46. The van der Waals surface area contributed by atoms with Crippen molar-refractivity contribution in [1.29, 1.82) is 0 Å². The fourth-order valence-corrected chi connectivity index (χ4v) is 4.42. The molecule has 1 aliphatic rings. The number of Topliss-reactive ketones (excluding diaryl/α,β-unsaturated/α-hetero) is 1. The Kier molecular flexibility index (Phi) is 6.11. The van der Waals surface area contributed by atoms with Crippen LogP contribution in [0.5, 0.6) is 0 Å². The van der Waals surface area contributed by atoms with Crippen molar-refractivity contribution in [3.05, 3.63) is 148 Å². The number of carbonyl (C=O) groups is 2. The first kappa shape index (κ1) is 22.7. The topological polar surface area (TPSA) is 92.6 Å². The Bertz CT molecular complexity index is 1470. The molecule has 1 atom stereocenters. The van der Waals surface area contributed by atoms with Crippen LogP contribution in [-0.2, 0) is 4.79 Å². The summed E-state index contributed by atoms with van der Waals surface area (Å²) in [6.07, 6.45) is 0. The molecule has 4 aromatic carbocycles. The van der Waals surface area contributed by atoms with Crippen molar-refractivity contribution in [3.63, 3.8) is 0 Å². The lowest BCUT2D eigenvalue weighted by Crippen LogP contribution is -2.32. The van der Waals surface area contributed by atoms with Crippen molar-refractivity contribution in [2.75, 3.05) is 10.2 Å². The minimum atomic E-state index is -1.01. The molecular weight excluding hydrogens is 454 g/mol. The molecule has 0 aromatic heterocycles. The zero-order chi connectivity index (χ0) is 25.1. The predicted molar refractivity (Wildman–Crippen MR) is 138 cm³/mol. The molecule has 7 heteroatoms. The second kappa shape index (κ2) is 9.68. The number of benzene rings is 4. The van der Waals surface area contributed by atoms with E-state index in [-0.39, 0.29) is 28.3 Å². The normalized spacial score (nSPS) is 15.2. The van der Waals surface area contributed by atoms with Crippen molar-refractivity contribution in [2.45, 2.75) is 6.04 Å². The van der Waals surface area contributed by atoms with Crippen LogP contribution in [0.1, 0.15) is 22.0 Å². The van der Waals surface area contributed by atoms with Gasteiger partial charge in [0.1, 0.15) is 11.7 Å². The molecule has 36 heavy (non-hydrogen) atoms. The molecule has 1 heterocycles. The van der Waals surface area contributed by atoms with E-state index < -0.39 is 16.9 Å². The van der Waals surface area contributed by atoms with Gasteiger partial charge in [0.15, 0.2) is 5.78 Å². The highest BCUT2D eigenvalue weighted by atomic mass is 16.6. The van der Waals surface area contributed by atoms with E-state index in [0.717, 1.165) is 0 Å². The summed E-state index contributed by atoms with van der Waals surface area (Å²) in [4.78, 5) is 41.0. The maximum atomic E-state index is 14.0. The molecule has 0 saturated carbocycles. The van der Waals surface area contributed by atoms with Gasteiger partial charge in [-0.25, -0.2) is 0 Å². The molecule has 0 fully saturated rings. The van der Waals surface area contributed by atoms with E-state index in [0.29, 0.717) is 16.9 Å². The van der Waals surface area contributed by atoms with E-state index in [1.165, 1.54) is 11.0 Å². The third-order valence-electron chi connectivity index (χ3n) is 6.02. The highest BCUT2D eigenvalue weighted by Crippen LogP contribution is 2.45. The average Bonchev–Trinajstić information content (AvgIpc) is 3.21. The summed E-state index contributed by atoms with van der Waals surface area (Å²) in [5.41, 5.74) is 1.84. The van der Waals surface area contributed by atoms with Gasteiger partial charge in [-0.3, -0.25) is 24.6 Å². The van der Waals surface area contributed by atoms with E-state index in [2.05, 4.69) is 5.32 Å². The number of hydrogen-bond acceptors (Lipinski definition) is 5. The lowest BCUT2D eigenvalue weighted by molar-refractivity contribution is -0.385. The van der Waals surface area contributed by atoms with Crippen LogP contribution in [0.2, 0.25) is 0 Å². The van der Waals surface area contributed by atoms with Crippen LogP contribution in [0.25, 0.3) is 0 Å². The van der Waals surface area contributed by atoms with Gasteiger partial charge in [-0.15, -0.1) is 0 Å². The number of para-hydroxylation sites is 3. The van der Waals surface area contributed by atoms with Crippen LogP contribution >= 0.6 is 0 Å². The largest absolute Gasteiger partial charge is 0.351 e. The van der Waals surface area contributed by atoms with Crippen molar-refractivity contribution >= 4 is 28.8 Å². The standard InChI is InChI=1S/C29H21N3O4/c33-28(20-12-4-1-5-13-20)25-26(30-21-14-6-2-7-15-21)29(34)31(22-16-8-3-9-17-22)27(25)23-18-10-11-19-24(23)32(35)36/h1-19,27,30H. The van der Waals surface area contributed by atoms with Crippen LogP contribution in [0.4, 0.5) is 17.1 Å². The van der Waals surface area contributed by atoms with Gasteiger partial charge in [-0.1, -0.05) is 78.9 Å². The molecule has 4 aromatic rings. The molecule has 0 bridgehead atoms. The summed E-state index contributed by atoms with van der Waals surface area (Å²) in [6.45, 7) is 0. The van der Waals surface area contributed by atoms with E-state index in [9.17, 15) is 19.7 Å². The summed E-state index contributed by atoms with van der Waals surface area (Å²) in [5, 5.41) is 15.1. The van der Waals surface area contributed by atoms with Crippen LogP contribution in [0.15, 0.2) is 127 Å².